The van der Waals surface area contributed by atoms with Crippen molar-refractivity contribution in [2.75, 3.05) is 5.32 Å². The molecule has 1 N–H and O–H groups in total. The zero-order valence-electron chi connectivity index (χ0n) is 11.8. The summed E-state index contributed by atoms with van der Waals surface area (Å²) in [5.74, 6) is 0. The molecule has 0 saturated carbocycles. The summed E-state index contributed by atoms with van der Waals surface area (Å²) >= 11 is 12.0. The lowest BCUT2D eigenvalue weighted by atomic mass is 10.1. The molecular formula is C17H19Cl2N. The fourth-order valence-electron chi connectivity index (χ4n) is 2.17. The van der Waals surface area contributed by atoms with Gasteiger partial charge in [-0.05, 0) is 48.7 Å². The van der Waals surface area contributed by atoms with Crippen molar-refractivity contribution >= 4 is 28.9 Å². The normalized spacial score (nSPS) is 12.2. The molecule has 0 spiro atoms. The summed E-state index contributed by atoms with van der Waals surface area (Å²) in [6, 6.07) is 14.5. The monoisotopic (exact) mass is 307 g/mol. The standard InChI is InChI=1S/C17H19Cl2N/c1-3-4-13-5-8-15(9-6-13)20-12(2)14-7-10-16(18)17(19)11-14/h5-12,20H,3-4H2,1-2H3. The van der Waals surface area contributed by atoms with Gasteiger partial charge in [-0.15, -0.1) is 0 Å². The Bertz CT molecular complexity index is 564. The van der Waals surface area contributed by atoms with Crippen LogP contribution in [-0.4, -0.2) is 0 Å². The van der Waals surface area contributed by atoms with Crippen molar-refractivity contribution < 1.29 is 0 Å². The van der Waals surface area contributed by atoms with Gasteiger partial charge in [0.25, 0.3) is 0 Å². The molecule has 3 heteroatoms. The quantitative estimate of drug-likeness (QED) is 0.701. The molecule has 2 aromatic carbocycles. The second-order valence-corrected chi connectivity index (χ2v) is 5.80. The molecule has 20 heavy (non-hydrogen) atoms. The van der Waals surface area contributed by atoms with E-state index in [1.54, 1.807) is 0 Å². The molecule has 1 unspecified atom stereocenters. The van der Waals surface area contributed by atoms with Crippen LogP contribution in [0.5, 0.6) is 0 Å². The molecule has 0 aliphatic carbocycles. The fourth-order valence-corrected chi connectivity index (χ4v) is 2.48. The predicted molar refractivity (Wildman–Crippen MR) is 88.9 cm³/mol. The third-order valence-electron chi connectivity index (χ3n) is 3.32. The third-order valence-corrected chi connectivity index (χ3v) is 4.06. The largest absolute Gasteiger partial charge is 0.379 e. The van der Waals surface area contributed by atoms with Crippen molar-refractivity contribution in [2.24, 2.45) is 0 Å². The van der Waals surface area contributed by atoms with E-state index in [2.05, 4.69) is 43.4 Å². The van der Waals surface area contributed by atoms with E-state index < -0.39 is 0 Å². The zero-order chi connectivity index (χ0) is 14.5. The Labute approximate surface area is 130 Å². The van der Waals surface area contributed by atoms with E-state index in [-0.39, 0.29) is 6.04 Å². The predicted octanol–water partition coefficient (Wildman–Crippen LogP) is 6.12. The molecule has 0 aromatic heterocycles. The first-order valence-electron chi connectivity index (χ1n) is 6.90. The molecule has 0 heterocycles. The Balaban J connectivity index is 2.06. The third kappa shape index (κ3) is 3.91. The Morgan fingerprint density at radius 1 is 1.00 bits per heavy atom. The maximum absolute atomic E-state index is 6.06. The maximum atomic E-state index is 6.06. The van der Waals surface area contributed by atoms with E-state index in [1.165, 1.54) is 12.0 Å². The average molecular weight is 308 g/mol. The van der Waals surface area contributed by atoms with Gasteiger partial charge in [-0.2, -0.15) is 0 Å². The highest BCUT2D eigenvalue weighted by Gasteiger charge is 2.07. The van der Waals surface area contributed by atoms with Crippen molar-refractivity contribution in [1.29, 1.82) is 0 Å². The molecule has 1 nitrogen and oxygen atoms in total. The van der Waals surface area contributed by atoms with Crippen molar-refractivity contribution in [1.82, 2.24) is 0 Å². The number of benzene rings is 2. The van der Waals surface area contributed by atoms with Gasteiger partial charge in [-0.1, -0.05) is 54.7 Å². The van der Waals surface area contributed by atoms with Crippen LogP contribution in [0.15, 0.2) is 42.5 Å². The molecule has 0 aliphatic rings. The van der Waals surface area contributed by atoms with Crippen LogP contribution < -0.4 is 5.32 Å². The number of hydrogen-bond acceptors (Lipinski definition) is 1. The number of aryl methyl sites for hydroxylation is 1. The smallest absolute Gasteiger partial charge is 0.0595 e. The topological polar surface area (TPSA) is 12.0 Å². The summed E-state index contributed by atoms with van der Waals surface area (Å²) in [6.45, 7) is 4.30. The van der Waals surface area contributed by atoms with Crippen molar-refractivity contribution in [3.8, 4) is 0 Å². The van der Waals surface area contributed by atoms with Gasteiger partial charge < -0.3 is 5.32 Å². The van der Waals surface area contributed by atoms with Crippen LogP contribution in [-0.2, 0) is 6.42 Å². The lowest BCUT2D eigenvalue weighted by molar-refractivity contribution is 0.883. The number of halogens is 2. The lowest BCUT2D eigenvalue weighted by Gasteiger charge is -2.16. The molecule has 0 aliphatic heterocycles. The van der Waals surface area contributed by atoms with Gasteiger partial charge in [0.2, 0.25) is 0 Å². The summed E-state index contributed by atoms with van der Waals surface area (Å²) < 4.78 is 0. The average Bonchev–Trinajstić information content (AvgIpc) is 2.44. The van der Waals surface area contributed by atoms with Gasteiger partial charge in [-0.3, -0.25) is 0 Å². The van der Waals surface area contributed by atoms with E-state index in [4.69, 9.17) is 23.2 Å². The number of hydrogen-bond donors (Lipinski definition) is 1. The molecule has 0 saturated heterocycles. The van der Waals surface area contributed by atoms with Crippen LogP contribution in [0.2, 0.25) is 10.0 Å². The van der Waals surface area contributed by atoms with Crippen LogP contribution >= 0.6 is 23.2 Å². The van der Waals surface area contributed by atoms with Gasteiger partial charge >= 0.3 is 0 Å². The summed E-state index contributed by atoms with van der Waals surface area (Å²) in [6.07, 6.45) is 2.30. The van der Waals surface area contributed by atoms with E-state index >= 15 is 0 Å². The van der Waals surface area contributed by atoms with Crippen molar-refractivity contribution in [3.05, 3.63) is 63.6 Å². The first-order valence-corrected chi connectivity index (χ1v) is 7.66. The summed E-state index contributed by atoms with van der Waals surface area (Å²) in [5, 5.41) is 4.66. The van der Waals surface area contributed by atoms with Gasteiger partial charge in [-0.25, -0.2) is 0 Å². The van der Waals surface area contributed by atoms with Crippen LogP contribution in [0.3, 0.4) is 0 Å². The van der Waals surface area contributed by atoms with Crippen molar-refractivity contribution in [3.63, 3.8) is 0 Å². The Kier molecular flexibility index (Phi) is 5.33. The van der Waals surface area contributed by atoms with Gasteiger partial charge in [0, 0.05) is 11.7 Å². The second kappa shape index (κ2) is 7.01. The Hall–Kier alpha value is -1.18. The van der Waals surface area contributed by atoms with E-state index in [1.807, 2.05) is 18.2 Å². The lowest BCUT2D eigenvalue weighted by Crippen LogP contribution is -2.06. The zero-order valence-corrected chi connectivity index (χ0v) is 13.3. The van der Waals surface area contributed by atoms with Crippen molar-refractivity contribution in [2.45, 2.75) is 32.7 Å². The Morgan fingerprint density at radius 3 is 2.30 bits per heavy atom. The van der Waals surface area contributed by atoms with E-state index in [0.717, 1.165) is 17.7 Å². The number of anilines is 1. The highest BCUT2D eigenvalue weighted by atomic mass is 35.5. The number of nitrogens with one attached hydrogen (secondary N) is 1. The molecule has 106 valence electrons. The molecule has 0 fully saturated rings. The minimum absolute atomic E-state index is 0.182. The molecular weight excluding hydrogens is 289 g/mol. The molecule has 0 amide bonds. The van der Waals surface area contributed by atoms with Crippen LogP contribution in [0.4, 0.5) is 5.69 Å². The molecule has 1 atom stereocenters. The second-order valence-electron chi connectivity index (χ2n) is 4.99. The fraction of sp³-hybridized carbons (Fsp3) is 0.294. The van der Waals surface area contributed by atoms with Gasteiger partial charge in [0.15, 0.2) is 0 Å². The summed E-state index contributed by atoms with van der Waals surface area (Å²) in [7, 11) is 0. The van der Waals surface area contributed by atoms with Crippen LogP contribution in [0.25, 0.3) is 0 Å². The van der Waals surface area contributed by atoms with E-state index in [0.29, 0.717) is 10.0 Å². The summed E-state index contributed by atoms with van der Waals surface area (Å²) in [5.41, 5.74) is 3.61. The van der Waals surface area contributed by atoms with Gasteiger partial charge in [0.1, 0.15) is 0 Å². The summed E-state index contributed by atoms with van der Waals surface area (Å²) in [4.78, 5) is 0. The van der Waals surface area contributed by atoms with Crippen LogP contribution in [0.1, 0.15) is 37.4 Å². The highest BCUT2D eigenvalue weighted by Crippen LogP contribution is 2.27. The highest BCUT2D eigenvalue weighted by molar-refractivity contribution is 6.42. The molecule has 0 radical (unpaired) electrons. The minimum Gasteiger partial charge on any atom is -0.379 e. The Morgan fingerprint density at radius 2 is 1.70 bits per heavy atom. The molecule has 2 rings (SSSR count). The first kappa shape index (κ1) is 15.2. The maximum Gasteiger partial charge on any atom is 0.0595 e. The first-order chi connectivity index (χ1) is 9.60. The van der Waals surface area contributed by atoms with Crippen LogP contribution in [0, 0.1) is 0 Å². The SMILES string of the molecule is CCCc1ccc(NC(C)c2ccc(Cl)c(Cl)c2)cc1. The minimum atomic E-state index is 0.182. The van der Waals surface area contributed by atoms with Gasteiger partial charge in [0.05, 0.1) is 10.0 Å². The molecule has 0 bridgehead atoms. The number of rotatable bonds is 5. The molecule has 2 aromatic rings. The van der Waals surface area contributed by atoms with E-state index in [9.17, 15) is 0 Å².